The summed E-state index contributed by atoms with van der Waals surface area (Å²) in [5.41, 5.74) is 1.62. The van der Waals surface area contributed by atoms with Crippen LogP contribution in [0.5, 0.6) is 0 Å². The van der Waals surface area contributed by atoms with Crippen LogP contribution in [-0.4, -0.2) is 66.6 Å². The zero-order chi connectivity index (χ0) is 25.7. The number of hydrogen-bond acceptors (Lipinski definition) is 5. The van der Waals surface area contributed by atoms with Gasteiger partial charge in [-0.25, -0.2) is 0 Å². The maximum atomic E-state index is 12.8. The van der Waals surface area contributed by atoms with Gasteiger partial charge in [-0.3, -0.25) is 4.90 Å². The van der Waals surface area contributed by atoms with Gasteiger partial charge in [0.2, 0.25) is 0 Å². The van der Waals surface area contributed by atoms with Crippen molar-refractivity contribution in [3.05, 3.63) is 58.6 Å². The summed E-state index contributed by atoms with van der Waals surface area (Å²) in [4.78, 5) is 7.78. The molecule has 2 saturated heterocycles. The van der Waals surface area contributed by atoms with Gasteiger partial charge in [0, 0.05) is 69.7 Å². The summed E-state index contributed by atoms with van der Waals surface area (Å²) in [7, 11) is 0. The fourth-order valence-electron chi connectivity index (χ4n) is 4.71. The number of benzene rings is 2. The number of nitriles is 1. The van der Waals surface area contributed by atoms with Crippen LogP contribution in [0.25, 0.3) is 0 Å². The third-order valence-electron chi connectivity index (χ3n) is 6.88. The van der Waals surface area contributed by atoms with Crippen molar-refractivity contribution in [2.24, 2.45) is 0 Å². The number of nitrogens with one attached hydrogen (secondary N) is 1. The summed E-state index contributed by atoms with van der Waals surface area (Å²) >= 11 is 11.9. The molecule has 2 aliphatic rings. The van der Waals surface area contributed by atoms with Crippen molar-refractivity contribution in [2.45, 2.75) is 31.5 Å². The Morgan fingerprint density at radius 2 is 1.69 bits per heavy atom. The summed E-state index contributed by atoms with van der Waals surface area (Å²) in [6.45, 7) is 6.00. The van der Waals surface area contributed by atoms with E-state index in [0.29, 0.717) is 16.6 Å². The average molecular weight is 536 g/mol. The van der Waals surface area contributed by atoms with Crippen molar-refractivity contribution >= 4 is 40.2 Å². The number of piperazine rings is 1. The SMILES string of the molecule is N#Cc1ccc(NC2CCN(C(=S)CCN3CCN(c4ccc(C(F)(F)F)cc4)CC3)CC2)cc1Cl. The molecule has 2 aliphatic heterocycles. The lowest BCUT2D eigenvalue weighted by Gasteiger charge is -2.37. The van der Waals surface area contributed by atoms with Gasteiger partial charge in [-0.1, -0.05) is 23.8 Å². The first kappa shape index (κ1) is 26.5. The molecular formula is C26H29ClF3N5S. The number of rotatable bonds is 6. The number of anilines is 2. The summed E-state index contributed by atoms with van der Waals surface area (Å²) in [5.74, 6) is 0. The molecule has 36 heavy (non-hydrogen) atoms. The molecule has 0 spiro atoms. The molecule has 0 aromatic heterocycles. The Morgan fingerprint density at radius 3 is 2.28 bits per heavy atom. The lowest BCUT2D eigenvalue weighted by molar-refractivity contribution is -0.137. The van der Waals surface area contributed by atoms with Crippen molar-refractivity contribution in [3.8, 4) is 6.07 Å². The van der Waals surface area contributed by atoms with Gasteiger partial charge >= 0.3 is 6.18 Å². The number of halogens is 4. The fraction of sp³-hybridized carbons (Fsp3) is 0.462. The van der Waals surface area contributed by atoms with E-state index >= 15 is 0 Å². The van der Waals surface area contributed by atoms with E-state index in [1.54, 1.807) is 24.3 Å². The lowest BCUT2D eigenvalue weighted by Crippen LogP contribution is -2.48. The first-order chi connectivity index (χ1) is 17.2. The zero-order valence-corrected chi connectivity index (χ0v) is 21.5. The molecule has 2 aromatic carbocycles. The Morgan fingerprint density at radius 1 is 1.03 bits per heavy atom. The molecule has 5 nitrogen and oxygen atoms in total. The fourth-order valence-corrected chi connectivity index (χ4v) is 5.20. The predicted octanol–water partition coefficient (Wildman–Crippen LogP) is 5.65. The quantitative estimate of drug-likeness (QED) is 0.483. The first-order valence-electron chi connectivity index (χ1n) is 12.1. The van der Waals surface area contributed by atoms with Crippen LogP contribution in [0.1, 0.15) is 30.4 Å². The van der Waals surface area contributed by atoms with Crippen molar-refractivity contribution in [3.63, 3.8) is 0 Å². The smallest absolute Gasteiger partial charge is 0.382 e. The maximum absolute atomic E-state index is 12.8. The van der Waals surface area contributed by atoms with Gasteiger partial charge in [0.25, 0.3) is 0 Å². The number of likely N-dealkylation sites (tertiary alicyclic amines) is 1. The average Bonchev–Trinajstić information content (AvgIpc) is 2.88. The summed E-state index contributed by atoms with van der Waals surface area (Å²) in [6.07, 6.45) is -1.52. The summed E-state index contributed by atoms with van der Waals surface area (Å²) in [6, 6.07) is 13.3. The minimum atomic E-state index is -4.30. The molecule has 192 valence electrons. The summed E-state index contributed by atoms with van der Waals surface area (Å²) in [5, 5.41) is 13.0. The molecule has 0 amide bonds. The highest BCUT2D eigenvalue weighted by atomic mass is 35.5. The first-order valence-corrected chi connectivity index (χ1v) is 12.9. The minimum absolute atomic E-state index is 0.339. The molecule has 2 aromatic rings. The molecule has 1 N–H and O–H groups in total. The molecule has 0 radical (unpaired) electrons. The third-order valence-corrected chi connectivity index (χ3v) is 7.66. The Hall–Kier alpha value is -2.54. The normalized spacial score (nSPS) is 17.6. The second-order valence-electron chi connectivity index (χ2n) is 9.23. The second-order valence-corrected chi connectivity index (χ2v) is 10.1. The van der Waals surface area contributed by atoms with Crippen LogP contribution >= 0.6 is 23.8 Å². The Labute approximate surface area is 220 Å². The van der Waals surface area contributed by atoms with Crippen molar-refractivity contribution in [1.82, 2.24) is 9.80 Å². The van der Waals surface area contributed by atoms with Crippen LogP contribution in [0.4, 0.5) is 24.5 Å². The van der Waals surface area contributed by atoms with E-state index in [4.69, 9.17) is 29.1 Å². The number of piperidine rings is 1. The van der Waals surface area contributed by atoms with E-state index in [1.165, 1.54) is 0 Å². The van der Waals surface area contributed by atoms with E-state index in [2.05, 4.69) is 26.1 Å². The van der Waals surface area contributed by atoms with Crippen LogP contribution < -0.4 is 10.2 Å². The van der Waals surface area contributed by atoms with Crippen molar-refractivity contribution < 1.29 is 13.2 Å². The molecule has 4 rings (SSSR count). The number of alkyl halides is 3. The molecule has 0 aliphatic carbocycles. The van der Waals surface area contributed by atoms with E-state index in [1.807, 2.05) is 6.07 Å². The highest BCUT2D eigenvalue weighted by Crippen LogP contribution is 2.31. The molecule has 2 heterocycles. The van der Waals surface area contributed by atoms with Gasteiger partial charge in [0.1, 0.15) is 6.07 Å². The van der Waals surface area contributed by atoms with E-state index in [9.17, 15) is 13.2 Å². The van der Waals surface area contributed by atoms with E-state index in [0.717, 1.165) is 93.6 Å². The number of hydrogen-bond donors (Lipinski definition) is 1. The van der Waals surface area contributed by atoms with Gasteiger partial charge in [-0.2, -0.15) is 18.4 Å². The Balaban J connectivity index is 1.16. The topological polar surface area (TPSA) is 45.5 Å². The largest absolute Gasteiger partial charge is 0.416 e. The van der Waals surface area contributed by atoms with Gasteiger partial charge in [-0.15, -0.1) is 0 Å². The molecule has 10 heteroatoms. The van der Waals surface area contributed by atoms with E-state index < -0.39 is 11.7 Å². The Bertz CT molecular complexity index is 1090. The van der Waals surface area contributed by atoms with Gasteiger partial charge in [-0.05, 0) is 55.3 Å². The van der Waals surface area contributed by atoms with Crippen LogP contribution in [-0.2, 0) is 6.18 Å². The van der Waals surface area contributed by atoms with Gasteiger partial charge < -0.3 is 15.1 Å². The predicted molar refractivity (Wildman–Crippen MR) is 142 cm³/mol. The molecule has 0 bridgehead atoms. The van der Waals surface area contributed by atoms with Crippen LogP contribution in [0.2, 0.25) is 5.02 Å². The van der Waals surface area contributed by atoms with Crippen molar-refractivity contribution in [1.29, 1.82) is 5.26 Å². The standard InChI is InChI=1S/C26H29ClF3N5S/c27-24-17-22(4-1-19(24)18-31)32-21-7-11-35(12-8-21)25(36)9-10-33-13-15-34(16-14-33)23-5-2-20(3-6-23)26(28,29)30/h1-6,17,21,32H,7-16H2. The van der Waals surface area contributed by atoms with Gasteiger partial charge in [0.15, 0.2) is 0 Å². The number of nitrogens with zero attached hydrogens (tertiary/aromatic N) is 4. The Kier molecular flexibility index (Phi) is 8.60. The van der Waals surface area contributed by atoms with E-state index in [-0.39, 0.29) is 0 Å². The molecule has 0 atom stereocenters. The maximum Gasteiger partial charge on any atom is 0.416 e. The highest BCUT2D eigenvalue weighted by Gasteiger charge is 2.30. The van der Waals surface area contributed by atoms with Crippen LogP contribution in [0.3, 0.4) is 0 Å². The number of thiocarbonyl (C=S) groups is 1. The second kappa shape index (κ2) is 11.7. The van der Waals surface area contributed by atoms with Crippen LogP contribution in [0.15, 0.2) is 42.5 Å². The zero-order valence-electron chi connectivity index (χ0n) is 19.9. The van der Waals surface area contributed by atoms with Crippen LogP contribution in [0, 0.1) is 11.3 Å². The van der Waals surface area contributed by atoms with Gasteiger partial charge in [0.05, 0.1) is 21.1 Å². The monoisotopic (exact) mass is 535 g/mol. The lowest BCUT2D eigenvalue weighted by atomic mass is 10.0. The molecule has 0 unspecified atom stereocenters. The molecule has 2 fully saturated rings. The highest BCUT2D eigenvalue weighted by molar-refractivity contribution is 7.80. The molecular weight excluding hydrogens is 507 g/mol. The minimum Gasteiger partial charge on any atom is -0.382 e. The van der Waals surface area contributed by atoms with Crippen molar-refractivity contribution in [2.75, 3.05) is 56.0 Å². The summed E-state index contributed by atoms with van der Waals surface area (Å²) < 4.78 is 38.4. The third kappa shape index (κ3) is 6.81. The molecule has 0 saturated carbocycles.